The third-order valence-electron chi connectivity index (χ3n) is 4.38. The fraction of sp³-hybridized carbons (Fsp3) is 0.250. The molecule has 0 unspecified atom stereocenters. The number of para-hydroxylation sites is 1. The average Bonchev–Trinajstić information content (AvgIpc) is 2.66. The highest BCUT2D eigenvalue weighted by Gasteiger charge is 2.11. The molecule has 0 aliphatic carbocycles. The quantitative estimate of drug-likeness (QED) is 0.683. The van der Waals surface area contributed by atoms with Crippen LogP contribution in [0.25, 0.3) is 10.9 Å². The molecule has 7 heteroatoms. The number of hydrogen-bond acceptors (Lipinski definition) is 4. The summed E-state index contributed by atoms with van der Waals surface area (Å²) >= 11 is 5.82. The standard InChI is InChI=1S/C20H20ClN3O3/c1-13-3-2-4-16-19(13)23-12-24(20(16)27)10-9-18(26)22-11-17(25)14-5-7-15(21)8-6-14/h2-8,12,17,25H,9-11H2,1H3,(H,22,26)/t17-/m0/s1. The maximum atomic E-state index is 12.5. The number of aryl methyl sites for hydroxylation is 2. The minimum Gasteiger partial charge on any atom is -0.387 e. The van der Waals surface area contributed by atoms with Crippen LogP contribution < -0.4 is 10.9 Å². The summed E-state index contributed by atoms with van der Waals surface area (Å²) in [6, 6.07) is 12.2. The molecule has 3 aromatic rings. The van der Waals surface area contributed by atoms with Gasteiger partial charge in [0.15, 0.2) is 0 Å². The minimum atomic E-state index is -0.820. The van der Waals surface area contributed by atoms with Crippen molar-refractivity contribution in [1.82, 2.24) is 14.9 Å². The number of carbonyl (C=O) groups excluding carboxylic acids is 1. The lowest BCUT2D eigenvalue weighted by molar-refractivity contribution is -0.121. The second-order valence-electron chi connectivity index (χ2n) is 6.34. The Morgan fingerprint density at radius 3 is 2.74 bits per heavy atom. The van der Waals surface area contributed by atoms with Crippen LogP contribution >= 0.6 is 11.6 Å². The predicted octanol–water partition coefficient (Wildman–Crippen LogP) is 2.60. The van der Waals surface area contributed by atoms with Crippen LogP contribution in [0, 0.1) is 6.92 Å². The Hall–Kier alpha value is -2.70. The van der Waals surface area contributed by atoms with Crippen molar-refractivity contribution in [3.63, 3.8) is 0 Å². The third kappa shape index (κ3) is 4.53. The fourth-order valence-electron chi connectivity index (χ4n) is 2.82. The average molecular weight is 386 g/mol. The number of rotatable bonds is 6. The molecule has 0 radical (unpaired) electrons. The third-order valence-corrected chi connectivity index (χ3v) is 4.63. The zero-order valence-electron chi connectivity index (χ0n) is 14.9. The Morgan fingerprint density at radius 1 is 1.26 bits per heavy atom. The van der Waals surface area contributed by atoms with Gasteiger partial charge in [-0.1, -0.05) is 35.9 Å². The van der Waals surface area contributed by atoms with E-state index in [2.05, 4.69) is 10.3 Å². The SMILES string of the molecule is Cc1cccc2c(=O)n(CCC(=O)NC[C@H](O)c3ccc(Cl)cc3)cnc12. The molecule has 0 spiro atoms. The van der Waals surface area contributed by atoms with Gasteiger partial charge < -0.3 is 10.4 Å². The van der Waals surface area contributed by atoms with E-state index >= 15 is 0 Å². The summed E-state index contributed by atoms with van der Waals surface area (Å²) in [7, 11) is 0. The molecule has 1 amide bonds. The van der Waals surface area contributed by atoms with Crippen molar-refractivity contribution in [2.45, 2.75) is 26.0 Å². The van der Waals surface area contributed by atoms with Crippen LogP contribution in [0.5, 0.6) is 0 Å². The molecule has 0 saturated carbocycles. The van der Waals surface area contributed by atoms with Crippen molar-refractivity contribution in [1.29, 1.82) is 0 Å². The van der Waals surface area contributed by atoms with Crippen LogP contribution in [0.3, 0.4) is 0 Å². The maximum Gasteiger partial charge on any atom is 0.261 e. The van der Waals surface area contributed by atoms with Crippen LogP contribution in [0.4, 0.5) is 0 Å². The first-order valence-corrected chi connectivity index (χ1v) is 8.98. The van der Waals surface area contributed by atoms with E-state index in [-0.39, 0.29) is 31.0 Å². The molecule has 0 aliphatic rings. The molecule has 2 N–H and O–H groups in total. The lowest BCUT2D eigenvalue weighted by Crippen LogP contribution is -2.30. The van der Waals surface area contributed by atoms with Crippen molar-refractivity contribution >= 4 is 28.4 Å². The number of hydrogen-bond donors (Lipinski definition) is 2. The summed E-state index contributed by atoms with van der Waals surface area (Å²) < 4.78 is 1.43. The molecule has 1 atom stereocenters. The first kappa shape index (κ1) is 19.1. The van der Waals surface area contributed by atoms with Gasteiger partial charge in [-0.25, -0.2) is 4.98 Å². The summed E-state index contributed by atoms with van der Waals surface area (Å²) in [5, 5.41) is 13.9. The highest BCUT2D eigenvalue weighted by Crippen LogP contribution is 2.15. The lowest BCUT2D eigenvalue weighted by atomic mass is 10.1. The van der Waals surface area contributed by atoms with Crippen LogP contribution in [0.15, 0.2) is 53.6 Å². The van der Waals surface area contributed by atoms with Gasteiger partial charge in [0.1, 0.15) is 0 Å². The molecule has 1 heterocycles. The highest BCUT2D eigenvalue weighted by molar-refractivity contribution is 6.30. The van der Waals surface area contributed by atoms with Crippen LogP contribution in [0.1, 0.15) is 23.7 Å². The fourth-order valence-corrected chi connectivity index (χ4v) is 2.95. The summed E-state index contributed by atoms with van der Waals surface area (Å²) in [6.45, 7) is 2.21. The van der Waals surface area contributed by atoms with Crippen molar-refractivity contribution in [2.24, 2.45) is 0 Å². The number of halogens is 1. The molecule has 2 aromatic carbocycles. The van der Waals surface area contributed by atoms with Gasteiger partial charge >= 0.3 is 0 Å². The second-order valence-corrected chi connectivity index (χ2v) is 6.77. The monoisotopic (exact) mass is 385 g/mol. The highest BCUT2D eigenvalue weighted by atomic mass is 35.5. The van der Waals surface area contributed by atoms with Crippen molar-refractivity contribution in [3.8, 4) is 0 Å². The topological polar surface area (TPSA) is 84.2 Å². The molecule has 27 heavy (non-hydrogen) atoms. The van der Waals surface area contributed by atoms with E-state index < -0.39 is 6.10 Å². The van der Waals surface area contributed by atoms with E-state index in [4.69, 9.17) is 11.6 Å². The number of benzene rings is 2. The number of aromatic nitrogens is 2. The molecule has 0 saturated heterocycles. The Morgan fingerprint density at radius 2 is 2.00 bits per heavy atom. The van der Waals surface area contributed by atoms with E-state index in [0.29, 0.717) is 21.5 Å². The van der Waals surface area contributed by atoms with E-state index in [9.17, 15) is 14.7 Å². The Labute approximate surface area is 161 Å². The van der Waals surface area contributed by atoms with E-state index in [1.54, 1.807) is 30.3 Å². The number of amides is 1. The van der Waals surface area contributed by atoms with Gasteiger partial charge in [-0.2, -0.15) is 0 Å². The van der Waals surface area contributed by atoms with Gasteiger partial charge in [-0.3, -0.25) is 14.2 Å². The predicted molar refractivity (Wildman–Crippen MR) is 105 cm³/mol. The molecule has 6 nitrogen and oxygen atoms in total. The zero-order valence-corrected chi connectivity index (χ0v) is 15.6. The summed E-state index contributed by atoms with van der Waals surface area (Å²) in [6.07, 6.45) is 0.763. The zero-order chi connectivity index (χ0) is 19.4. The lowest BCUT2D eigenvalue weighted by Gasteiger charge is -2.13. The minimum absolute atomic E-state index is 0.0878. The smallest absolute Gasteiger partial charge is 0.261 e. The Balaban J connectivity index is 1.58. The van der Waals surface area contributed by atoms with Gasteiger partial charge in [-0.15, -0.1) is 0 Å². The number of aliphatic hydroxyl groups is 1. The Kier molecular flexibility index (Phi) is 5.88. The number of nitrogens with one attached hydrogen (secondary N) is 1. The van der Waals surface area contributed by atoms with Gasteiger partial charge in [0, 0.05) is 24.5 Å². The van der Waals surface area contributed by atoms with E-state index in [0.717, 1.165) is 5.56 Å². The van der Waals surface area contributed by atoms with Gasteiger partial charge in [0.25, 0.3) is 5.56 Å². The van der Waals surface area contributed by atoms with Crippen LogP contribution in [-0.4, -0.2) is 27.1 Å². The van der Waals surface area contributed by atoms with Gasteiger partial charge in [-0.05, 0) is 36.2 Å². The van der Waals surface area contributed by atoms with Crippen molar-refractivity contribution in [2.75, 3.05) is 6.54 Å². The van der Waals surface area contributed by atoms with Crippen molar-refractivity contribution < 1.29 is 9.90 Å². The summed E-state index contributed by atoms with van der Waals surface area (Å²) in [5.41, 5.74) is 2.11. The largest absolute Gasteiger partial charge is 0.387 e. The molecular weight excluding hydrogens is 366 g/mol. The Bertz CT molecular complexity index is 1020. The second kappa shape index (κ2) is 8.33. The first-order chi connectivity index (χ1) is 13.0. The van der Waals surface area contributed by atoms with E-state index in [1.165, 1.54) is 10.9 Å². The number of aliphatic hydroxyl groups excluding tert-OH is 1. The first-order valence-electron chi connectivity index (χ1n) is 8.60. The molecule has 3 rings (SSSR count). The van der Waals surface area contributed by atoms with Crippen molar-refractivity contribution in [3.05, 3.63) is 75.3 Å². The number of fused-ring (bicyclic) bond motifs is 1. The molecule has 1 aromatic heterocycles. The maximum absolute atomic E-state index is 12.5. The molecule has 140 valence electrons. The van der Waals surface area contributed by atoms with Crippen LogP contribution in [-0.2, 0) is 11.3 Å². The summed E-state index contributed by atoms with van der Waals surface area (Å²) in [5.74, 6) is -0.251. The normalized spacial score (nSPS) is 12.1. The molecule has 0 fully saturated rings. The van der Waals surface area contributed by atoms with Gasteiger partial charge in [0.2, 0.25) is 5.91 Å². The molecular formula is C20H20ClN3O3. The molecule has 0 aliphatic heterocycles. The van der Waals surface area contributed by atoms with Gasteiger partial charge in [0.05, 0.1) is 23.3 Å². The number of carbonyl (C=O) groups is 1. The number of nitrogens with zero attached hydrogens (tertiary/aromatic N) is 2. The van der Waals surface area contributed by atoms with E-state index in [1.807, 2.05) is 19.1 Å². The molecule has 0 bridgehead atoms. The van der Waals surface area contributed by atoms with Crippen LogP contribution in [0.2, 0.25) is 5.02 Å². The summed E-state index contributed by atoms with van der Waals surface area (Å²) in [4.78, 5) is 28.9.